The van der Waals surface area contributed by atoms with Crippen LogP contribution >= 0.6 is 0 Å². The molecule has 0 unspecified atom stereocenters. The molecule has 2 saturated carbocycles. The predicted molar refractivity (Wildman–Crippen MR) is 181 cm³/mol. The van der Waals surface area contributed by atoms with E-state index in [-0.39, 0.29) is 35.6 Å². The van der Waals surface area contributed by atoms with Crippen molar-refractivity contribution in [2.45, 2.75) is 77.3 Å². The maximum absolute atomic E-state index is 14.6. The second-order valence-corrected chi connectivity index (χ2v) is 14.1. The maximum atomic E-state index is 14.6. The van der Waals surface area contributed by atoms with Crippen LogP contribution in [0.15, 0.2) is 71.3 Å². The van der Waals surface area contributed by atoms with Crippen LogP contribution in [0, 0.1) is 18.3 Å². The largest absolute Gasteiger partial charge is 0.467 e. The number of hydrogen-bond acceptors (Lipinski definition) is 5. The topological polar surface area (TPSA) is 90.8 Å². The number of benzene rings is 2. The highest BCUT2D eigenvalue weighted by Gasteiger charge is 2.60. The lowest BCUT2D eigenvalue weighted by Crippen LogP contribution is -2.59. The van der Waals surface area contributed by atoms with E-state index in [1.807, 2.05) is 29.2 Å². The number of aryl methyl sites for hydroxylation is 1. The van der Waals surface area contributed by atoms with Crippen LogP contribution in [0.4, 0.5) is 11.4 Å². The molecule has 2 aromatic carbocycles. The quantitative estimate of drug-likeness (QED) is 0.203. The summed E-state index contributed by atoms with van der Waals surface area (Å²) < 4.78 is 11.3. The molecule has 4 aromatic rings. The van der Waals surface area contributed by atoms with Gasteiger partial charge in [-0.05, 0) is 85.0 Å². The third-order valence-corrected chi connectivity index (χ3v) is 11.0. The molecular weight excluding hydrogens is 576 g/mol. The van der Waals surface area contributed by atoms with Gasteiger partial charge >= 0.3 is 0 Å². The number of furan rings is 1. The minimum Gasteiger partial charge on any atom is -0.467 e. The molecule has 2 aromatic heterocycles. The number of hydrogen-bond donors (Lipinski definition) is 2. The Kier molecular flexibility index (Phi) is 8.17. The number of amides is 2. The molecule has 242 valence electrons. The summed E-state index contributed by atoms with van der Waals surface area (Å²) in [5.74, 6) is 1.05. The maximum Gasteiger partial charge on any atom is 0.250 e. The zero-order valence-electron chi connectivity index (χ0n) is 27.3. The molecule has 0 bridgehead atoms. The molecule has 0 spiro atoms. The van der Waals surface area contributed by atoms with Gasteiger partial charge in [0.15, 0.2) is 0 Å². The lowest BCUT2D eigenvalue weighted by Gasteiger charge is -2.45. The first-order valence-electron chi connectivity index (χ1n) is 16.9. The smallest absolute Gasteiger partial charge is 0.250 e. The molecule has 8 heteroatoms. The van der Waals surface area contributed by atoms with Gasteiger partial charge in [-0.15, -0.1) is 0 Å². The number of anilines is 2. The van der Waals surface area contributed by atoms with Crippen molar-refractivity contribution in [3.05, 3.63) is 83.9 Å². The van der Waals surface area contributed by atoms with Crippen LogP contribution in [-0.4, -0.2) is 53.5 Å². The number of nitrogens with one attached hydrogen (secondary N) is 2. The van der Waals surface area contributed by atoms with E-state index < -0.39 is 5.54 Å². The van der Waals surface area contributed by atoms with Crippen LogP contribution in [0.25, 0.3) is 10.9 Å². The second-order valence-electron chi connectivity index (χ2n) is 14.1. The molecule has 1 saturated heterocycles. The molecule has 2 amide bonds. The normalized spacial score (nSPS) is 22.0. The Morgan fingerprint density at radius 2 is 1.72 bits per heavy atom. The zero-order valence-corrected chi connectivity index (χ0v) is 27.3. The molecule has 7 rings (SSSR count). The van der Waals surface area contributed by atoms with Gasteiger partial charge in [0.25, 0.3) is 0 Å². The van der Waals surface area contributed by atoms with Gasteiger partial charge in [-0.3, -0.25) is 9.59 Å². The van der Waals surface area contributed by atoms with Gasteiger partial charge in [-0.25, -0.2) is 0 Å². The highest BCUT2D eigenvalue weighted by atomic mass is 16.5. The van der Waals surface area contributed by atoms with Crippen molar-refractivity contribution in [3.63, 3.8) is 0 Å². The standard InChI is InChI=1S/C38H46N4O4/c1-26-34(30-11-5-6-12-32(30)39-26)35-31(37(35,2)3)24-33(43)42(25-29-10-9-21-46-29)38(17-7-4-8-18-38)36(44)40-27-13-15-28(16-14-27)41-19-22-45-23-20-41/h5-6,9-16,21,31,35,39H,4,7-8,17-20,22-25H2,1-3H3,(H,40,44)/t31-,35-/m1/s1. The number of ether oxygens (including phenoxy) is 1. The van der Waals surface area contributed by atoms with Crippen LogP contribution in [0.1, 0.15) is 75.3 Å². The molecule has 46 heavy (non-hydrogen) atoms. The monoisotopic (exact) mass is 622 g/mol. The van der Waals surface area contributed by atoms with E-state index in [1.54, 1.807) is 6.26 Å². The van der Waals surface area contributed by atoms with Crippen LogP contribution < -0.4 is 10.2 Å². The number of rotatable bonds is 9. The third-order valence-electron chi connectivity index (χ3n) is 11.0. The van der Waals surface area contributed by atoms with E-state index in [4.69, 9.17) is 9.15 Å². The van der Waals surface area contributed by atoms with Gasteiger partial charge in [0.05, 0.1) is 26.0 Å². The number of carbonyl (C=O) groups excluding carboxylic acids is 2. The van der Waals surface area contributed by atoms with Crippen LogP contribution in [0.2, 0.25) is 0 Å². The van der Waals surface area contributed by atoms with E-state index >= 15 is 0 Å². The zero-order chi connectivity index (χ0) is 31.9. The Bertz CT molecular complexity index is 1680. The first-order valence-corrected chi connectivity index (χ1v) is 16.9. The Hall–Kier alpha value is -4.04. The van der Waals surface area contributed by atoms with E-state index in [9.17, 15) is 9.59 Å². The van der Waals surface area contributed by atoms with Gasteiger partial charge in [-0.2, -0.15) is 0 Å². The summed E-state index contributed by atoms with van der Waals surface area (Å²) in [6.07, 6.45) is 6.16. The van der Waals surface area contributed by atoms with Gasteiger partial charge in [-0.1, -0.05) is 51.3 Å². The number of H-pyrrole nitrogens is 1. The van der Waals surface area contributed by atoms with Crippen molar-refractivity contribution in [1.29, 1.82) is 0 Å². The Morgan fingerprint density at radius 3 is 2.43 bits per heavy atom. The van der Waals surface area contributed by atoms with E-state index in [2.05, 4.69) is 72.4 Å². The highest BCUT2D eigenvalue weighted by Crippen LogP contribution is 2.67. The predicted octanol–water partition coefficient (Wildman–Crippen LogP) is 7.41. The average molecular weight is 623 g/mol. The molecular formula is C38H46N4O4. The van der Waals surface area contributed by atoms with E-state index in [1.165, 1.54) is 16.6 Å². The van der Waals surface area contributed by atoms with Crippen molar-refractivity contribution >= 4 is 34.1 Å². The second kappa shape index (κ2) is 12.3. The minimum absolute atomic E-state index is 0.0224. The fourth-order valence-electron chi connectivity index (χ4n) is 8.31. The highest BCUT2D eigenvalue weighted by molar-refractivity contribution is 6.01. The summed E-state index contributed by atoms with van der Waals surface area (Å²) in [7, 11) is 0. The molecule has 2 aliphatic carbocycles. The first kappa shape index (κ1) is 30.6. The van der Waals surface area contributed by atoms with Crippen molar-refractivity contribution in [2.75, 3.05) is 36.5 Å². The summed E-state index contributed by atoms with van der Waals surface area (Å²) in [4.78, 5) is 36.8. The molecule has 3 aliphatic rings. The first-order chi connectivity index (χ1) is 22.3. The summed E-state index contributed by atoms with van der Waals surface area (Å²) in [5, 5.41) is 4.47. The van der Waals surface area contributed by atoms with Crippen molar-refractivity contribution in [1.82, 2.24) is 9.88 Å². The Labute approximate surface area is 271 Å². The fourth-order valence-corrected chi connectivity index (χ4v) is 8.31. The SMILES string of the molecule is Cc1[nH]c2ccccc2c1[C@H]1[C@@H](CC(=O)N(Cc2ccco2)C2(C(=O)Nc3ccc(N4CCOCC4)cc3)CCCCC2)C1(C)C. The molecule has 3 heterocycles. The number of fused-ring (bicyclic) bond motifs is 1. The van der Waals surface area contributed by atoms with Crippen LogP contribution in [0.3, 0.4) is 0 Å². The number of aromatic amines is 1. The van der Waals surface area contributed by atoms with Gasteiger partial charge in [0.2, 0.25) is 11.8 Å². The Morgan fingerprint density at radius 1 is 0.978 bits per heavy atom. The number of para-hydroxylation sites is 1. The van der Waals surface area contributed by atoms with Crippen molar-refractivity contribution in [3.8, 4) is 0 Å². The number of morpholine rings is 1. The van der Waals surface area contributed by atoms with Gasteiger partial charge in [0, 0.05) is 47.5 Å². The van der Waals surface area contributed by atoms with E-state index in [0.717, 1.165) is 62.5 Å². The number of aromatic nitrogens is 1. The summed E-state index contributed by atoms with van der Waals surface area (Å²) >= 11 is 0. The summed E-state index contributed by atoms with van der Waals surface area (Å²) in [5.41, 5.74) is 4.51. The lowest BCUT2D eigenvalue weighted by molar-refractivity contribution is -0.149. The van der Waals surface area contributed by atoms with Crippen molar-refractivity contribution in [2.24, 2.45) is 11.3 Å². The number of carbonyl (C=O) groups is 2. The van der Waals surface area contributed by atoms with E-state index in [0.29, 0.717) is 25.0 Å². The third kappa shape index (κ3) is 5.61. The fraction of sp³-hybridized carbons (Fsp3) is 0.474. The molecule has 3 fully saturated rings. The number of nitrogens with zero attached hydrogens (tertiary/aromatic N) is 2. The molecule has 1 aliphatic heterocycles. The van der Waals surface area contributed by atoms with Gasteiger partial charge in [0.1, 0.15) is 11.3 Å². The summed E-state index contributed by atoms with van der Waals surface area (Å²) in [6, 6.07) is 20.2. The van der Waals surface area contributed by atoms with Gasteiger partial charge < -0.3 is 29.3 Å². The lowest BCUT2D eigenvalue weighted by atomic mass is 9.78. The molecule has 2 N–H and O–H groups in total. The molecule has 8 nitrogen and oxygen atoms in total. The molecule has 0 radical (unpaired) electrons. The van der Waals surface area contributed by atoms with Crippen LogP contribution in [0.5, 0.6) is 0 Å². The minimum atomic E-state index is -0.948. The molecule has 2 atom stereocenters. The average Bonchev–Trinajstić information content (AvgIpc) is 3.43. The van der Waals surface area contributed by atoms with Crippen LogP contribution in [-0.2, 0) is 20.9 Å². The Balaban J connectivity index is 1.16. The van der Waals surface area contributed by atoms with Crippen molar-refractivity contribution < 1.29 is 18.7 Å². The summed E-state index contributed by atoms with van der Waals surface area (Å²) in [6.45, 7) is 10.1.